The molecular formula is C27H44N7O3S-. The molecule has 1 saturated carbocycles. The fourth-order valence-corrected chi connectivity index (χ4v) is 6.70. The summed E-state index contributed by atoms with van der Waals surface area (Å²) in [5.74, 6) is 0.190. The van der Waals surface area contributed by atoms with Crippen molar-refractivity contribution in [2.45, 2.75) is 82.6 Å². The smallest absolute Gasteiger partial charge is 0.211 e. The molecule has 1 aromatic heterocycles. The molecule has 11 heteroatoms. The summed E-state index contributed by atoms with van der Waals surface area (Å²) in [5.41, 5.74) is 6.67. The Bertz CT molecular complexity index is 900. The first-order chi connectivity index (χ1) is 18.6. The van der Waals surface area contributed by atoms with Gasteiger partial charge >= 0.3 is 0 Å². The zero-order chi connectivity index (χ0) is 27.1. The highest BCUT2D eigenvalue weighted by Gasteiger charge is 2.39. The molecule has 1 aliphatic heterocycles. The Kier molecular flexibility index (Phi) is 13.4. The lowest BCUT2D eigenvalue weighted by Gasteiger charge is -2.43. The summed E-state index contributed by atoms with van der Waals surface area (Å²) in [7, 11) is 0. The number of nitriles is 1. The molecule has 38 heavy (non-hydrogen) atoms. The molecule has 0 spiro atoms. The predicted octanol–water partition coefficient (Wildman–Crippen LogP) is 3.55. The van der Waals surface area contributed by atoms with E-state index < -0.39 is 11.3 Å². The second kappa shape index (κ2) is 16.8. The number of hydrogen-bond donors (Lipinski definition) is 1. The van der Waals surface area contributed by atoms with Crippen LogP contribution in [0, 0.1) is 11.5 Å². The number of ether oxygens (including phenoxy) is 1. The quantitative estimate of drug-likeness (QED) is 0.109. The molecule has 2 heterocycles. The number of guanidine groups is 1. The van der Waals surface area contributed by atoms with Crippen molar-refractivity contribution in [2.75, 3.05) is 50.8 Å². The first-order valence-corrected chi connectivity index (χ1v) is 15.2. The molecule has 212 valence electrons. The molecule has 1 aromatic rings. The number of nitrogens with two attached hydrogens (primary N) is 1. The minimum atomic E-state index is -2.19. The van der Waals surface area contributed by atoms with E-state index in [1.807, 2.05) is 17.0 Å². The summed E-state index contributed by atoms with van der Waals surface area (Å²) in [6, 6.07) is 3.70. The van der Waals surface area contributed by atoms with Crippen LogP contribution >= 0.6 is 0 Å². The van der Waals surface area contributed by atoms with Crippen LogP contribution in [0.2, 0.25) is 0 Å². The van der Waals surface area contributed by atoms with Crippen molar-refractivity contribution in [3.63, 3.8) is 0 Å². The van der Waals surface area contributed by atoms with Crippen molar-refractivity contribution in [1.82, 2.24) is 14.2 Å². The first kappa shape index (κ1) is 30.4. The molecule has 0 aromatic carbocycles. The van der Waals surface area contributed by atoms with E-state index in [4.69, 9.17) is 15.7 Å². The topological polar surface area (TPSA) is 134 Å². The maximum atomic E-state index is 12.3. The molecule has 1 saturated heterocycles. The predicted molar refractivity (Wildman–Crippen MR) is 150 cm³/mol. The highest BCUT2D eigenvalue weighted by molar-refractivity contribution is 7.76. The standard InChI is InChI=1S/C27H45N7O3S/c28-24-31-26(29)33(25-10-15-30-16-11-25)18-7-3-1-2-4-8-19-34(38(35)36)27(12-5-6-13-27)14-9-17-32-20-22-37-23-21-32/h10-11,15-16H,1-9,12-14,17-23H2,(H2,29,31)(H,35,36)/p-1. The minimum absolute atomic E-state index is 0.190. The van der Waals surface area contributed by atoms with Gasteiger partial charge in [0.15, 0.2) is 0 Å². The number of hydrogen-bond acceptors (Lipinski definition) is 7. The van der Waals surface area contributed by atoms with Crippen LogP contribution in [0.25, 0.3) is 0 Å². The average molecular weight is 547 g/mol. The van der Waals surface area contributed by atoms with Gasteiger partial charge in [0.2, 0.25) is 12.2 Å². The molecule has 2 aliphatic rings. The first-order valence-electron chi connectivity index (χ1n) is 14.1. The van der Waals surface area contributed by atoms with E-state index in [1.54, 1.807) is 22.9 Å². The second-order valence-electron chi connectivity index (χ2n) is 10.4. The zero-order valence-electron chi connectivity index (χ0n) is 22.6. The summed E-state index contributed by atoms with van der Waals surface area (Å²) < 4.78 is 31.8. The third kappa shape index (κ3) is 9.58. The molecule has 1 aliphatic carbocycles. The normalized spacial score (nSPS) is 18.9. The highest BCUT2D eigenvalue weighted by Crippen LogP contribution is 2.40. The molecular weight excluding hydrogens is 502 g/mol. The van der Waals surface area contributed by atoms with Crippen LogP contribution in [-0.4, -0.2) is 80.4 Å². The maximum Gasteiger partial charge on any atom is 0.211 e. The number of nitrogens with zero attached hydrogens (tertiary/aromatic N) is 6. The van der Waals surface area contributed by atoms with Gasteiger partial charge in [0.1, 0.15) is 0 Å². The zero-order valence-corrected chi connectivity index (χ0v) is 23.5. The number of pyridine rings is 1. The second-order valence-corrected chi connectivity index (χ2v) is 11.2. The van der Waals surface area contributed by atoms with Crippen LogP contribution < -0.4 is 10.6 Å². The Hall–Kier alpha value is -2.10. The summed E-state index contributed by atoms with van der Waals surface area (Å²) in [5, 5.41) is 8.88. The van der Waals surface area contributed by atoms with Gasteiger partial charge in [-0.25, -0.2) is 4.31 Å². The Balaban J connectivity index is 1.37. The number of morpholine rings is 1. The molecule has 0 amide bonds. The van der Waals surface area contributed by atoms with Gasteiger partial charge in [-0.05, 0) is 57.2 Å². The Morgan fingerprint density at radius 1 is 1.11 bits per heavy atom. The highest BCUT2D eigenvalue weighted by atomic mass is 32.2. The van der Waals surface area contributed by atoms with Crippen LogP contribution in [0.15, 0.2) is 29.5 Å². The number of aliphatic imine (C=N–C) groups is 1. The van der Waals surface area contributed by atoms with Gasteiger partial charge in [-0.1, -0.05) is 38.5 Å². The Labute approximate surface area is 230 Å². The van der Waals surface area contributed by atoms with E-state index in [-0.39, 0.29) is 11.5 Å². The number of rotatable bonds is 16. The maximum absolute atomic E-state index is 12.3. The van der Waals surface area contributed by atoms with Crippen LogP contribution in [0.1, 0.15) is 77.0 Å². The van der Waals surface area contributed by atoms with E-state index in [0.29, 0.717) is 13.1 Å². The van der Waals surface area contributed by atoms with E-state index in [9.17, 15) is 8.76 Å². The lowest BCUT2D eigenvalue weighted by Crippen LogP contribution is -2.48. The summed E-state index contributed by atoms with van der Waals surface area (Å²) >= 11 is -2.19. The van der Waals surface area contributed by atoms with Crippen LogP contribution in [0.3, 0.4) is 0 Å². The molecule has 2 fully saturated rings. The largest absolute Gasteiger partial charge is 0.760 e. The van der Waals surface area contributed by atoms with E-state index in [1.165, 1.54) is 0 Å². The fourth-order valence-electron chi connectivity index (χ4n) is 5.83. The van der Waals surface area contributed by atoms with Crippen molar-refractivity contribution in [1.29, 1.82) is 5.26 Å². The number of unbranched alkanes of at least 4 members (excludes halogenated alkanes) is 5. The fraction of sp³-hybridized carbons (Fsp3) is 0.741. The molecule has 0 radical (unpaired) electrons. The van der Waals surface area contributed by atoms with Crippen molar-refractivity contribution in [3.05, 3.63) is 24.5 Å². The van der Waals surface area contributed by atoms with Crippen molar-refractivity contribution in [2.24, 2.45) is 10.7 Å². The van der Waals surface area contributed by atoms with Crippen molar-refractivity contribution in [3.8, 4) is 6.19 Å². The molecule has 1 atom stereocenters. The minimum Gasteiger partial charge on any atom is -0.760 e. The summed E-state index contributed by atoms with van der Waals surface area (Å²) in [6.07, 6.45) is 17.3. The van der Waals surface area contributed by atoms with Crippen molar-refractivity contribution < 1.29 is 13.5 Å². The third-order valence-electron chi connectivity index (χ3n) is 7.87. The third-order valence-corrected chi connectivity index (χ3v) is 8.80. The lowest BCUT2D eigenvalue weighted by molar-refractivity contribution is 0.0350. The molecule has 10 nitrogen and oxygen atoms in total. The summed E-state index contributed by atoms with van der Waals surface area (Å²) in [6.45, 7) is 5.88. The Morgan fingerprint density at radius 3 is 2.37 bits per heavy atom. The van der Waals surface area contributed by atoms with E-state index in [0.717, 1.165) is 116 Å². The molecule has 2 N–H and O–H groups in total. The van der Waals surface area contributed by atoms with Gasteiger partial charge in [-0.3, -0.25) is 14.1 Å². The van der Waals surface area contributed by atoms with Crippen LogP contribution in [-0.2, 0) is 16.0 Å². The molecule has 1 unspecified atom stereocenters. The van der Waals surface area contributed by atoms with Crippen molar-refractivity contribution >= 4 is 22.9 Å². The van der Waals surface area contributed by atoms with Gasteiger partial charge in [-0.15, -0.1) is 4.99 Å². The van der Waals surface area contributed by atoms with Gasteiger partial charge in [0.05, 0.1) is 13.2 Å². The van der Waals surface area contributed by atoms with Crippen LogP contribution in [0.4, 0.5) is 5.69 Å². The van der Waals surface area contributed by atoms with E-state index in [2.05, 4.69) is 14.9 Å². The van der Waals surface area contributed by atoms with Gasteiger partial charge in [0.25, 0.3) is 0 Å². The molecule has 3 rings (SSSR count). The van der Waals surface area contributed by atoms with Gasteiger partial charge in [-0.2, -0.15) is 5.26 Å². The SMILES string of the molecule is N#CN=C(N)N(CCCCCCCCN(S(=O)[O-])C1(CCCN2CCOCC2)CCCC1)c1ccncc1. The van der Waals surface area contributed by atoms with E-state index >= 15 is 0 Å². The van der Waals surface area contributed by atoms with Gasteiger partial charge in [0, 0.05) is 61.1 Å². The monoisotopic (exact) mass is 546 g/mol. The van der Waals surface area contributed by atoms with Crippen LogP contribution in [0.5, 0.6) is 0 Å². The summed E-state index contributed by atoms with van der Waals surface area (Å²) in [4.78, 5) is 12.0. The number of anilines is 1. The lowest BCUT2D eigenvalue weighted by atomic mass is 9.91. The molecule has 0 bridgehead atoms. The van der Waals surface area contributed by atoms with Gasteiger partial charge < -0.3 is 19.9 Å². The number of aromatic nitrogens is 1. The average Bonchev–Trinajstić information content (AvgIpc) is 3.40. The Morgan fingerprint density at radius 2 is 1.74 bits per heavy atom.